The molecule has 1 heterocycles. The summed E-state index contributed by atoms with van der Waals surface area (Å²) in [6.07, 6.45) is 1.69. The molecule has 8 nitrogen and oxygen atoms in total. The Labute approximate surface area is 188 Å². The van der Waals surface area contributed by atoms with E-state index in [2.05, 4.69) is 10.9 Å². The van der Waals surface area contributed by atoms with Crippen LogP contribution >= 0.6 is 24.0 Å². The van der Waals surface area contributed by atoms with Crippen molar-refractivity contribution >= 4 is 52.1 Å². The van der Waals surface area contributed by atoms with E-state index in [1.54, 1.807) is 18.2 Å². The van der Waals surface area contributed by atoms with Gasteiger partial charge in [-0.3, -0.25) is 30.1 Å². The maximum absolute atomic E-state index is 12.7. The minimum Gasteiger partial charge on any atom is -0.508 e. The summed E-state index contributed by atoms with van der Waals surface area (Å²) in [5.41, 5.74) is 5.44. The number of hydrazine groups is 1. The van der Waals surface area contributed by atoms with Crippen LogP contribution in [0.1, 0.15) is 22.8 Å². The maximum Gasteiger partial charge on any atom is 0.269 e. The van der Waals surface area contributed by atoms with Crippen LogP contribution in [0.25, 0.3) is 6.08 Å². The first-order valence-corrected chi connectivity index (χ1v) is 10.5. The molecule has 0 aromatic heterocycles. The van der Waals surface area contributed by atoms with Gasteiger partial charge in [0.15, 0.2) is 0 Å². The van der Waals surface area contributed by atoms with Crippen molar-refractivity contribution in [3.05, 3.63) is 64.6 Å². The Kier molecular flexibility index (Phi) is 7.27. The molecule has 3 N–H and O–H groups in total. The summed E-state index contributed by atoms with van der Waals surface area (Å²) in [7, 11) is 0. The van der Waals surface area contributed by atoms with E-state index in [0.29, 0.717) is 11.5 Å². The fraction of sp³-hybridized carbons (Fsp3) is 0.143. The van der Waals surface area contributed by atoms with Gasteiger partial charge in [0.25, 0.3) is 17.7 Å². The first-order chi connectivity index (χ1) is 14.9. The molecule has 0 aliphatic carbocycles. The van der Waals surface area contributed by atoms with Crippen LogP contribution in [-0.2, 0) is 9.59 Å². The standard InChI is InChI=1S/C21H19N3O5S2/c1-2-29-16-8-6-13(7-9-16)10-17-20(28)24(21(30)31-17)12-18(26)22-23-19(27)14-4-3-5-15(25)11-14/h3-11,25H,2,12H2,1H3,(H,22,26)(H,23,27). The van der Waals surface area contributed by atoms with Crippen molar-refractivity contribution in [3.63, 3.8) is 0 Å². The molecule has 0 radical (unpaired) electrons. The Balaban J connectivity index is 1.57. The molecule has 10 heteroatoms. The summed E-state index contributed by atoms with van der Waals surface area (Å²) >= 11 is 6.32. The van der Waals surface area contributed by atoms with Crippen LogP contribution in [0.2, 0.25) is 0 Å². The van der Waals surface area contributed by atoms with Gasteiger partial charge in [0.1, 0.15) is 22.4 Å². The van der Waals surface area contributed by atoms with Gasteiger partial charge in [-0.05, 0) is 48.9 Å². The molecule has 0 saturated carbocycles. The normalized spacial score (nSPS) is 14.6. The third-order valence-corrected chi connectivity index (χ3v) is 5.47. The zero-order valence-corrected chi connectivity index (χ0v) is 18.1. The fourth-order valence-corrected chi connectivity index (χ4v) is 3.90. The van der Waals surface area contributed by atoms with E-state index in [9.17, 15) is 19.5 Å². The molecular weight excluding hydrogens is 438 g/mol. The van der Waals surface area contributed by atoms with E-state index in [1.165, 1.54) is 24.3 Å². The lowest BCUT2D eigenvalue weighted by molar-refractivity contribution is -0.129. The molecule has 3 amide bonds. The number of benzene rings is 2. The number of hydrogen-bond donors (Lipinski definition) is 3. The van der Waals surface area contributed by atoms with E-state index in [-0.39, 0.29) is 22.2 Å². The Morgan fingerprint density at radius 1 is 1.19 bits per heavy atom. The monoisotopic (exact) mass is 457 g/mol. The van der Waals surface area contributed by atoms with Gasteiger partial charge in [-0.15, -0.1) is 0 Å². The molecule has 1 fully saturated rings. The van der Waals surface area contributed by atoms with Crippen molar-refractivity contribution in [1.82, 2.24) is 15.8 Å². The van der Waals surface area contributed by atoms with Crippen LogP contribution < -0.4 is 15.6 Å². The number of carbonyl (C=O) groups excluding carboxylic acids is 3. The number of nitrogens with one attached hydrogen (secondary N) is 2. The highest BCUT2D eigenvalue weighted by atomic mass is 32.2. The molecule has 0 spiro atoms. The van der Waals surface area contributed by atoms with Crippen molar-refractivity contribution in [2.75, 3.05) is 13.2 Å². The fourth-order valence-electron chi connectivity index (χ4n) is 2.64. The molecule has 1 aliphatic heterocycles. The number of nitrogens with zero attached hydrogens (tertiary/aromatic N) is 1. The van der Waals surface area contributed by atoms with Gasteiger partial charge in [-0.2, -0.15) is 0 Å². The van der Waals surface area contributed by atoms with Gasteiger partial charge in [0.2, 0.25) is 0 Å². The average molecular weight is 458 g/mol. The first kappa shape index (κ1) is 22.3. The van der Waals surface area contributed by atoms with Crippen LogP contribution in [0, 0.1) is 0 Å². The van der Waals surface area contributed by atoms with Crippen LogP contribution in [0.3, 0.4) is 0 Å². The first-order valence-electron chi connectivity index (χ1n) is 9.24. The lowest BCUT2D eigenvalue weighted by Gasteiger charge is -2.14. The summed E-state index contributed by atoms with van der Waals surface area (Å²) in [6, 6.07) is 12.9. The molecular formula is C21H19N3O5S2. The number of amides is 3. The van der Waals surface area contributed by atoms with Crippen LogP contribution in [-0.4, -0.2) is 45.2 Å². The molecule has 0 unspecified atom stereocenters. The molecule has 1 saturated heterocycles. The molecule has 0 atom stereocenters. The average Bonchev–Trinajstić information content (AvgIpc) is 3.01. The predicted octanol–water partition coefficient (Wildman–Crippen LogP) is 2.45. The van der Waals surface area contributed by atoms with Crippen LogP contribution in [0.5, 0.6) is 11.5 Å². The molecule has 2 aromatic carbocycles. The molecule has 1 aliphatic rings. The Morgan fingerprint density at radius 3 is 2.61 bits per heavy atom. The smallest absolute Gasteiger partial charge is 0.269 e. The second-order valence-electron chi connectivity index (χ2n) is 6.32. The lowest BCUT2D eigenvalue weighted by atomic mass is 10.2. The van der Waals surface area contributed by atoms with Crippen LogP contribution in [0.15, 0.2) is 53.4 Å². The summed E-state index contributed by atoms with van der Waals surface area (Å²) in [5, 5.41) is 9.42. The van der Waals surface area contributed by atoms with Crippen molar-refractivity contribution < 1.29 is 24.2 Å². The second-order valence-corrected chi connectivity index (χ2v) is 8.00. The van der Waals surface area contributed by atoms with E-state index < -0.39 is 17.7 Å². The highest BCUT2D eigenvalue weighted by molar-refractivity contribution is 8.26. The number of phenols is 1. The largest absolute Gasteiger partial charge is 0.508 e. The van der Waals surface area contributed by atoms with Crippen molar-refractivity contribution in [2.24, 2.45) is 0 Å². The quantitative estimate of drug-likeness (QED) is 0.347. The number of hydrogen-bond acceptors (Lipinski definition) is 7. The highest BCUT2D eigenvalue weighted by Gasteiger charge is 2.33. The number of phenolic OH excluding ortho intramolecular Hbond substituents is 1. The molecule has 31 heavy (non-hydrogen) atoms. The Hall–Kier alpha value is -3.37. The minimum atomic E-state index is -0.618. The highest BCUT2D eigenvalue weighted by Crippen LogP contribution is 2.32. The third-order valence-electron chi connectivity index (χ3n) is 4.09. The summed E-state index contributed by atoms with van der Waals surface area (Å²) < 4.78 is 5.64. The molecule has 2 aromatic rings. The van der Waals surface area contributed by atoms with Crippen molar-refractivity contribution in [1.29, 1.82) is 0 Å². The maximum atomic E-state index is 12.7. The van der Waals surface area contributed by atoms with Crippen molar-refractivity contribution in [3.8, 4) is 11.5 Å². The van der Waals surface area contributed by atoms with Gasteiger partial charge in [0.05, 0.1) is 11.5 Å². The predicted molar refractivity (Wildman–Crippen MR) is 121 cm³/mol. The lowest BCUT2D eigenvalue weighted by Crippen LogP contribution is -2.47. The van der Waals surface area contributed by atoms with Gasteiger partial charge >= 0.3 is 0 Å². The Bertz CT molecular complexity index is 1050. The minimum absolute atomic E-state index is 0.0733. The third kappa shape index (κ3) is 5.83. The number of thiocarbonyl (C=S) groups is 1. The SMILES string of the molecule is CCOc1ccc(C=C2SC(=S)N(CC(=O)NNC(=O)c3cccc(O)c3)C2=O)cc1. The zero-order chi connectivity index (χ0) is 22.4. The molecule has 0 bridgehead atoms. The van der Waals surface area contributed by atoms with Gasteiger partial charge in [-0.1, -0.05) is 42.2 Å². The second kappa shape index (κ2) is 10.1. The number of thioether (sulfide) groups is 1. The number of carbonyl (C=O) groups is 3. The number of rotatable bonds is 6. The van der Waals surface area contributed by atoms with Gasteiger partial charge in [-0.25, -0.2) is 0 Å². The van der Waals surface area contributed by atoms with Crippen LogP contribution in [0.4, 0.5) is 0 Å². The summed E-state index contributed by atoms with van der Waals surface area (Å²) in [5.74, 6) is -0.956. The van der Waals surface area contributed by atoms with E-state index >= 15 is 0 Å². The molecule has 3 rings (SSSR count). The van der Waals surface area contributed by atoms with Crippen molar-refractivity contribution in [2.45, 2.75) is 6.92 Å². The Morgan fingerprint density at radius 2 is 1.94 bits per heavy atom. The molecule has 160 valence electrons. The van der Waals surface area contributed by atoms with E-state index in [0.717, 1.165) is 28.0 Å². The summed E-state index contributed by atoms with van der Waals surface area (Å²) in [4.78, 5) is 38.4. The number of ether oxygens (including phenoxy) is 1. The van der Waals surface area contributed by atoms with Gasteiger partial charge in [0, 0.05) is 5.56 Å². The zero-order valence-electron chi connectivity index (χ0n) is 16.5. The van der Waals surface area contributed by atoms with E-state index in [1.807, 2.05) is 19.1 Å². The number of aromatic hydroxyl groups is 1. The van der Waals surface area contributed by atoms with Gasteiger partial charge < -0.3 is 9.84 Å². The van der Waals surface area contributed by atoms with E-state index in [4.69, 9.17) is 17.0 Å². The topological polar surface area (TPSA) is 108 Å². The summed E-state index contributed by atoms with van der Waals surface area (Å²) in [6.45, 7) is 2.12.